The number of carbonyl (C=O) groups excluding carboxylic acids is 1. The van der Waals surface area contributed by atoms with Crippen molar-refractivity contribution in [3.05, 3.63) is 65.7 Å². The van der Waals surface area contributed by atoms with Gasteiger partial charge in [0.2, 0.25) is 0 Å². The first-order chi connectivity index (χ1) is 13.2. The van der Waals surface area contributed by atoms with E-state index in [1.807, 2.05) is 66.4 Å². The molecule has 3 rings (SSSR count). The van der Waals surface area contributed by atoms with Gasteiger partial charge in [0.1, 0.15) is 5.75 Å². The molecule has 144 valence electrons. The van der Waals surface area contributed by atoms with E-state index in [9.17, 15) is 9.90 Å². The number of ether oxygens (including phenoxy) is 1. The van der Waals surface area contributed by atoms with E-state index in [2.05, 4.69) is 4.90 Å². The smallest absolute Gasteiger partial charge is 0.257 e. The summed E-state index contributed by atoms with van der Waals surface area (Å²) in [7, 11) is 0. The molecule has 0 bridgehead atoms. The van der Waals surface area contributed by atoms with Crippen LogP contribution in [0.2, 0.25) is 0 Å². The predicted molar refractivity (Wildman–Crippen MR) is 106 cm³/mol. The Labute approximate surface area is 161 Å². The molecule has 0 spiro atoms. The van der Waals surface area contributed by atoms with E-state index in [-0.39, 0.29) is 5.91 Å². The Bertz CT molecular complexity index is 735. The number of aliphatic hydroxyl groups excluding tert-OH is 1. The van der Waals surface area contributed by atoms with Crippen LogP contribution in [-0.4, -0.2) is 60.1 Å². The van der Waals surface area contributed by atoms with Crippen molar-refractivity contribution in [2.45, 2.75) is 19.4 Å². The lowest BCUT2D eigenvalue weighted by molar-refractivity contribution is 0.0750. The Morgan fingerprint density at radius 2 is 1.78 bits per heavy atom. The van der Waals surface area contributed by atoms with Gasteiger partial charge in [-0.05, 0) is 31.0 Å². The summed E-state index contributed by atoms with van der Waals surface area (Å²) in [5.74, 6) is 0.662. The lowest BCUT2D eigenvalue weighted by Gasteiger charge is -2.24. The number of nitrogens with zero attached hydrogens (tertiary/aromatic N) is 2. The number of benzene rings is 2. The van der Waals surface area contributed by atoms with Gasteiger partial charge in [-0.3, -0.25) is 9.69 Å². The van der Waals surface area contributed by atoms with Crippen LogP contribution in [0.5, 0.6) is 5.75 Å². The second-order valence-electron chi connectivity index (χ2n) is 6.80. The summed E-state index contributed by atoms with van der Waals surface area (Å²) in [5, 5.41) is 10.5. The molecule has 1 unspecified atom stereocenters. The van der Waals surface area contributed by atoms with Crippen LogP contribution in [0.4, 0.5) is 0 Å². The minimum atomic E-state index is -0.507. The largest absolute Gasteiger partial charge is 0.493 e. The standard InChI is InChI=1S/C22H28N2O3/c1-2-27-21-12-7-6-11-19(21)22(26)24-14-8-13-23(15-16-24)17-20(25)18-9-4-3-5-10-18/h3-7,9-12,20,25H,2,8,13-17H2,1H3. The van der Waals surface area contributed by atoms with E-state index in [0.717, 1.165) is 31.6 Å². The van der Waals surface area contributed by atoms with Gasteiger partial charge < -0.3 is 14.7 Å². The van der Waals surface area contributed by atoms with E-state index < -0.39 is 6.10 Å². The molecule has 0 aliphatic carbocycles. The highest BCUT2D eigenvalue weighted by Crippen LogP contribution is 2.21. The van der Waals surface area contributed by atoms with Crippen molar-refractivity contribution in [1.82, 2.24) is 9.80 Å². The van der Waals surface area contributed by atoms with Crippen LogP contribution in [0.3, 0.4) is 0 Å². The van der Waals surface area contributed by atoms with Crippen molar-refractivity contribution in [2.75, 3.05) is 39.3 Å². The van der Waals surface area contributed by atoms with E-state index in [0.29, 0.717) is 31.0 Å². The molecular weight excluding hydrogens is 340 g/mol. The quantitative estimate of drug-likeness (QED) is 0.852. The normalized spacial score (nSPS) is 16.6. The van der Waals surface area contributed by atoms with Gasteiger partial charge in [-0.2, -0.15) is 0 Å². The monoisotopic (exact) mass is 368 g/mol. The van der Waals surface area contributed by atoms with E-state index in [4.69, 9.17) is 4.74 Å². The molecule has 27 heavy (non-hydrogen) atoms. The zero-order chi connectivity index (χ0) is 19.1. The molecule has 2 aromatic carbocycles. The lowest BCUT2D eigenvalue weighted by atomic mass is 10.1. The summed E-state index contributed by atoms with van der Waals surface area (Å²) < 4.78 is 5.61. The Morgan fingerprint density at radius 3 is 2.56 bits per heavy atom. The molecule has 1 amide bonds. The molecule has 0 aromatic heterocycles. The van der Waals surface area contributed by atoms with Gasteiger partial charge in [-0.15, -0.1) is 0 Å². The predicted octanol–water partition coefficient (Wildman–Crippen LogP) is 2.97. The molecule has 1 fully saturated rings. The molecule has 5 nitrogen and oxygen atoms in total. The zero-order valence-corrected chi connectivity index (χ0v) is 15.9. The Kier molecular flexibility index (Phi) is 6.85. The van der Waals surface area contributed by atoms with Gasteiger partial charge in [-0.1, -0.05) is 42.5 Å². The molecule has 1 saturated heterocycles. The topological polar surface area (TPSA) is 53.0 Å². The van der Waals surface area contributed by atoms with Crippen LogP contribution >= 0.6 is 0 Å². The van der Waals surface area contributed by atoms with Crippen molar-refractivity contribution >= 4 is 5.91 Å². The van der Waals surface area contributed by atoms with Crippen molar-refractivity contribution in [3.63, 3.8) is 0 Å². The zero-order valence-electron chi connectivity index (χ0n) is 15.9. The molecule has 1 aliphatic rings. The maximum Gasteiger partial charge on any atom is 0.257 e. The lowest BCUT2D eigenvalue weighted by Crippen LogP contribution is -2.36. The van der Waals surface area contributed by atoms with Crippen molar-refractivity contribution in [1.29, 1.82) is 0 Å². The number of aliphatic hydroxyl groups is 1. The summed E-state index contributed by atoms with van der Waals surface area (Å²) in [6.45, 7) is 6.05. The highest BCUT2D eigenvalue weighted by Gasteiger charge is 2.23. The van der Waals surface area contributed by atoms with Gasteiger partial charge in [0.05, 0.1) is 18.3 Å². The van der Waals surface area contributed by atoms with Crippen LogP contribution in [0.1, 0.15) is 35.4 Å². The number of β-amino-alcohol motifs (C(OH)–C–C–N with tert-alkyl or cyclic N) is 1. The maximum atomic E-state index is 13.0. The minimum absolute atomic E-state index is 0.0181. The Morgan fingerprint density at radius 1 is 1.04 bits per heavy atom. The van der Waals surface area contributed by atoms with Crippen molar-refractivity contribution < 1.29 is 14.6 Å². The Balaban J connectivity index is 1.60. The fraction of sp³-hybridized carbons (Fsp3) is 0.409. The number of hydrogen-bond donors (Lipinski definition) is 1. The van der Waals surface area contributed by atoms with Gasteiger partial charge in [0.25, 0.3) is 5.91 Å². The van der Waals surface area contributed by atoms with E-state index in [1.165, 1.54) is 0 Å². The highest BCUT2D eigenvalue weighted by atomic mass is 16.5. The van der Waals surface area contributed by atoms with E-state index >= 15 is 0 Å². The maximum absolute atomic E-state index is 13.0. The SMILES string of the molecule is CCOc1ccccc1C(=O)N1CCCN(CC(O)c2ccccc2)CC1. The summed E-state index contributed by atoms with van der Waals surface area (Å²) in [5.41, 5.74) is 1.55. The second-order valence-corrected chi connectivity index (χ2v) is 6.80. The third-order valence-corrected chi connectivity index (χ3v) is 4.91. The molecule has 0 radical (unpaired) electrons. The average Bonchev–Trinajstić information content (AvgIpc) is 2.94. The molecule has 1 atom stereocenters. The van der Waals surface area contributed by atoms with Crippen LogP contribution < -0.4 is 4.74 Å². The minimum Gasteiger partial charge on any atom is -0.493 e. The van der Waals surface area contributed by atoms with Crippen LogP contribution in [0, 0.1) is 0 Å². The Hall–Kier alpha value is -2.37. The molecule has 1 aliphatic heterocycles. The van der Waals surface area contributed by atoms with Crippen LogP contribution in [0.25, 0.3) is 0 Å². The molecule has 1 heterocycles. The van der Waals surface area contributed by atoms with Gasteiger partial charge in [-0.25, -0.2) is 0 Å². The third kappa shape index (κ3) is 5.08. The number of para-hydroxylation sites is 1. The van der Waals surface area contributed by atoms with Gasteiger partial charge >= 0.3 is 0 Å². The number of hydrogen-bond acceptors (Lipinski definition) is 4. The number of amides is 1. The third-order valence-electron chi connectivity index (χ3n) is 4.91. The van der Waals surface area contributed by atoms with E-state index in [1.54, 1.807) is 0 Å². The fourth-order valence-corrected chi connectivity index (χ4v) is 3.48. The number of carbonyl (C=O) groups is 1. The fourth-order valence-electron chi connectivity index (χ4n) is 3.48. The first-order valence-corrected chi connectivity index (χ1v) is 9.65. The highest BCUT2D eigenvalue weighted by molar-refractivity contribution is 5.97. The summed E-state index contributed by atoms with van der Waals surface area (Å²) in [6.07, 6.45) is 0.386. The molecule has 0 saturated carbocycles. The summed E-state index contributed by atoms with van der Waals surface area (Å²) in [4.78, 5) is 17.1. The molecule has 2 aromatic rings. The molecule has 1 N–H and O–H groups in total. The van der Waals surface area contributed by atoms with Crippen LogP contribution in [0.15, 0.2) is 54.6 Å². The first-order valence-electron chi connectivity index (χ1n) is 9.65. The van der Waals surface area contributed by atoms with Gasteiger partial charge in [0.15, 0.2) is 0 Å². The van der Waals surface area contributed by atoms with Crippen molar-refractivity contribution in [2.24, 2.45) is 0 Å². The molecular formula is C22H28N2O3. The average molecular weight is 368 g/mol. The molecule has 5 heteroatoms. The van der Waals surface area contributed by atoms with Crippen molar-refractivity contribution in [3.8, 4) is 5.75 Å². The second kappa shape index (κ2) is 9.53. The summed E-state index contributed by atoms with van der Waals surface area (Å²) in [6, 6.07) is 17.2. The van der Waals surface area contributed by atoms with Crippen LogP contribution in [-0.2, 0) is 0 Å². The van der Waals surface area contributed by atoms with Gasteiger partial charge in [0, 0.05) is 32.7 Å². The first kappa shape index (κ1) is 19.4. The summed E-state index contributed by atoms with van der Waals surface area (Å²) >= 11 is 0. The number of rotatable bonds is 6.